The van der Waals surface area contributed by atoms with Crippen molar-refractivity contribution in [2.45, 2.75) is 37.1 Å². The summed E-state index contributed by atoms with van der Waals surface area (Å²) in [6.45, 7) is 5.42. The predicted octanol–water partition coefficient (Wildman–Crippen LogP) is 3.66. The van der Waals surface area contributed by atoms with Gasteiger partial charge in [0.2, 0.25) is 11.0 Å². The van der Waals surface area contributed by atoms with Gasteiger partial charge in [0.05, 0.1) is 34.6 Å². The average Bonchev–Trinajstić information content (AvgIpc) is 3.49. The number of carbonyl (C=O) groups excluding carboxylic acids is 1. The van der Waals surface area contributed by atoms with Gasteiger partial charge in [-0.2, -0.15) is 5.10 Å². The van der Waals surface area contributed by atoms with E-state index in [9.17, 15) is 4.79 Å². The molecule has 0 spiro atoms. The minimum absolute atomic E-state index is 0.0946. The van der Waals surface area contributed by atoms with Crippen molar-refractivity contribution in [2.75, 3.05) is 29.5 Å². The molecule has 1 amide bonds. The Morgan fingerprint density at radius 1 is 1.30 bits per heavy atom. The van der Waals surface area contributed by atoms with Crippen LogP contribution in [0.5, 0.6) is 0 Å². The molecule has 4 rings (SSSR count). The number of nitrogens with zero attached hydrogens (tertiary/aromatic N) is 4. The van der Waals surface area contributed by atoms with Crippen LogP contribution in [0.3, 0.4) is 0 Å². The first-order valence-corrected chi connectivity index (χ1v) is 11.6. The minimum atomic E-state index is -0.0946. The van der Waals surface area contributed by atoms with E-state index in [1.807, 2.05) is 48.9 Å². The number of anilines is 2. The molecule has 3 heterocycles. The number of aryl methyl sites for hydroxylation is 1. The summed E-state index contributed by atoms with van der Waals surface area (Å²) in [5.74, 6) is 0.165. The van der Waals surface area contributed by atoms with Crippen LogP contribution in [-0.2, 0) is 9.53 Å². The maximum absolute atomic E-state index is 12.5. The van der Waals surface area contributed by atoms with Gasteiger partial charge in [0.1, 0.15) is 0 Å². The Bertz CT molecular complexity index is 998. The molecular weight excluding hydrogens is 420 g/mol. The second-order valence-electron chi connectivity index (χ2n) is 7.02. The SMILES string of the molecule is Cc1nn(-c2ccccc2)c(C)c1NC(=O)CSc1nnc(NC[C@@H]2CCCO2)s1. The fourth-order valence-corrected chi connectivity index (χ4v) is 4.85. The smallest absolute Gasteiger partial charge is 0.234 e. The highest BCUT2D eigenvalue weighted by Gasteiger charge is 2.17. The second-order valence-corrected chi connectivity index (χ2v) is 9.22. The highest BCUT2D eigenvalue weighted by molar-refractivity contribution is 8.01. The Kier molecular flexibility index (Phi) is 6.66. The molecule has 0 radical (unpaired) electrons. The molecule has 10 heteroatoms. The third kappa shape index (κ3) is 5.00. The molecule has 3 aromatic rings. The molecule has 30 heavy (non-hydrogen) atoms. The first-order chi connectivity index (χ1) is 14.6. The van der Waals surface area contributed by atoms with Crippen LogP contribution >= 0.6 is 23.1 Å². The van der Waals surface area contributed by atoms with Gasteiger partial charge in [-0.25, -0.2) is 4.68 Å². The monoisotopic (exact) mass is 444 g/mol. The maximum Gasteiger partial charge on any atom is 0.234 e. The molecule has 1 aliphatic heterocycles. The van der Waals surface area contributed by atoms with E-state index >= 15 is 0 Å². The number of amides is 1. The van der Waals surface area contributed by atoms with Gasteiger partial charge in [0.25, 0.3) is 0 Å². The number of rotatable bonds is 8. The van der Waals surface area contributed by atoms with Gasteiger partial charge in [0, 0.05) is 13.2 Å². The molecule has 1 saturated heterocycles. The summed E-state index contributed by atoms with van der Waals surface area (Å²) >= 11 is 2.83. The van der Waals surface area contributed by atoms with Crippen molar-refractivity contribution in [1.82, 2.24) is 20.0 Å². The summed E-state index contributed by atoms with van der Waals surface area (Å²) in [4.78, 5) is 12.5. The van der Waals surface area contributed by atoms with Gasteiger partial charge >= 0.3 is 0 Å². The summed E-state index contributed by atoms with van der Waals surface area (Å²) in [5.41, 5.74) is 3.39. The van der Waals surface area contributed by atoms with Crippen LogP contribution in [0.4, 0.5) is 10.8 Å². The van der Waals surface area contributed by atoms with E-state index in [4.69, 9.17) is 4.74 Å². The summed E-state index contributed by atoms with van der Waals surface area (Å²) in [5, 5.41) is 19.9. The van der Waals surface area contributed by atoms with Crippen LogP contribution in [0.15, 0.2) is 34.7 Å². The minimum Gasteiger partial charge on any atom is -0.376 e. The topological polar surface area (TPSA) is 94.0 Å². The van der Waals surface area contributed by atoms with Crippen LogP contribution in [0, 0.1) is 13.8 Å². The molecule has 1 aromatic carbocycles. The van der Waals surface area contributed by atoms with Crippen LogP contribution in [0.2, 0.25) is 0 Å². The van der Waals surface area contributed by atoms with Crippen LogP contribution in [0.1, 0.15) is 24.2 Å². The number of hydrogen-bond donors (Lipinski definition) is 2. The molecule has 1 atom stereocenters. The summed E-state index contributed by atoms with van der Waals surface area (Å²) in [6.07, 6.45) is 2.44. The van der Waals surface area contributed by atoms with Gasteiger partial charge in [-0.15, -0.1) is 10.2 Å². The third-order valence-electron chi connectivity index (χ3n) is 4.79. The summed E-state index contributed by atoms with van der Waals surface area (Å²) in [7, 11) is 0. The van der Waals surface area contributed by atoms with Crippen molar-refractivity contribution in [3.63, 3.8) is 0 Å². The Hall–Kier alpha value is -2.43. The lowest BCUT2D eigenvalue weighted by Crippen LogP contribution is -2.18. The van der Waals surface area contributed by atoms with Crippen molar-refractivity contribution in [3.8, 4) is 5.69 Å². The fourth-order valence-electron chi connectivity index (χ4n) is 3.29. The molecular formula is C20H24N6O2S2. The maximum atomic E-state index is 12.5. The molecule has 0 aliphatic carbocycles. The van der Waals surface area contributed by atoms with Crippen molar-refractivity contribution < 1.29 is 9.53 Å². The molecule has 0 saturated carbocycles. The van der Waals surface area contributed by atoms with Crippen molar-refractivity contribution in [1.29, 1.82) is 0 Å². The summed E-state index contributed by atoms with van der Waals surface area (Å²) < 4.78 is 8.20. The lowest BCUT2D eigenvalue weighted by molar-refractivity contribution is -0.113. The van der Waals surface area contributed by atoms with Gasteiger partial charge in [-0.05, 0) is 38.8 Å². The molecule has 1 aliphatic rings. The lowest BCUT2D eigenvalue weighted by atomic mass is 10.2. The number of para-hydroxylation sites is 1. The molecule has 8 nitrogen and oxygen atoms in total. The Morgan fingerprint density at radius 3 is 2.90 bits per heavy atom. The zero-order chi connectivity index (χ0) is 20.9. The van der Waals surface area contributed by atoms with Gasteiger partial charge in [-0.1, -0.05) is 41.3 Å². The predicted molar refractivity (Wildman–Crippen MR) is 120 cm³/mol. The number of hydrogen-bond acceptors (Lipinski definition) is 8. The molecule has 2 N–H and O–H groups in total. The van der Waals surface area contributed by atoms with E-state index in [1.54, 1.807) is 0 Å². The number of benzene rings is 1. The van der Waals surface area contributed by atoms with E-state index in [0.717, 1.165) is 58.2 Å². The van der Waals surface area contributed by atoms with Gasteiger partial charge in [0.15, 0.2) is 4.34 Å². The van der Waals surface area contributed by atoms with Gasteiger partial charge in [-0.3, -0.25) is 4.79 Å². The lowest BCUT2D eigenvalue weighted by Gasteiger charge is -2.08. The zero-order valence-corrected chi connectivity index (χ0v) is 18.6. The zero-order valence-electron chi connectivity index (χ0n) is 16.9. The van der Waals surface area contributed by atoms with Crippen molar-refractivity contribution in [2.24, 2.45) is 0 Å². The molecule has 0 unspecified atom stereocenters. The number of carbonyl (C=O) groups is 1. The number of thioether (sulfide) groups is 1. The Labute approximate surface area is 183 Å². The average molecular weight is 445 g/mol. The normalized spacial score (nSPS) is 16.0. The van der Waals surface area contributed by atoms with E-state index in [1.165, 1.54) is 23.1 Å². The van der Waals surface area contributed by atoms with Crippen molar-refractivity contribution in [3.05, 3.63) is 41.7 Å². The number of aromatic nitrogens is 4. The second kappa shape index (κ2) is 9.59. The first-order valence-electron chi connectivity index (χ1n) is 9.83. The van der Waals surface area contributed by atoms with E-state index in [0.29, 0.717) is 0 Å². The molecule has 158 valence electrons. The standard InChI is InChI=1S/C20H24N6O2S2/c1-13-18(14(2)26(25-13)15-7-4-3-5-8-15)22-17(27)12-29-20-24-23-19(30-20)21-11-16-9-6-10-28-16/h3-5,7-8,16H,6,9-12H2,1-2H3,(H,21,23)(H,22,27)/t16-/m0/s1. The molecule has 0 bridgehead atoms. The largest absolute Gasteiger partial charge is 0.376 e. The summed E-state index contributed by atoms with van der Waals surface area (Å²) in [6, 6.07) is 9.87. The number of nitrogens with one attached hydrogen (secondary N) is 2. The van der Waals surface area contributed by atoms with Crippen LogP contribution in [0.25, 0.3) is 5.69 Å². The molecule has 2 aromatic heterocycles. The molecule has 1 fully saturated rings. The van der Waals surface area contributed by atoms with E-state index < -0.39 is 0 Å². The number of ether oxygens (including phenoxy) is 1. The highest BCUT2D eigenvalue weighted by atomic mass is 32.2. The quantitative estimate of drug-likeness (QED) is 0.512. The van der Waals surface area contributed by atoms with Gasteiger partial charge < -0.3 is 15.4 Å². The fraction of sp³-hybridized carbons (Fsp3) is 0.400. The third-order valence-corrected chi connectivity index (χ3v) is 6.81. The van der Waals surface area contributed by atoms with Crippen LogP contribution in [-0.4, -0.2) is 50.9 Å². The van der Waals surface area contributed by atoms with Crippen LogP contribution < -0.4 is 10.6 Å². The van der Waals surface area contributed by atoms with Crippen molar-refractivity contribution >= 4 is 39.8 Å². The van der Waals surface area contributed by atoms with E-state index in [2.05, 4.69) is 25.9 Å². The first kappa shape index (κ1) is 20.8. The highest BCUT2D eigenvalue weighted by Crippen LogP contribution is 2.27. The van der Waals surface area contributed by atoms with E-state index in [-0.39, 0.29) is 17.8 Å². The Balaban J connectivity index is 1.30. The Morgan fingerprint density at radius 2 is 2.13 bits per heavy atom.